The van der Waals surface area contributed by atoms with Gasteiger partial charge in [0.15, 0.2) is 15.7 Å². The lowest BCUT2D eigenvalue weighted by molar-refractivity contribution is -0.119. The molecule has 0 spiro atoms. The highest BCUT2D eigenvalue weighted by atomic mass is 32.2. The predicted molar refractivity (Wildman–Crippen MR) is 134 cm³/mol. The lowest BCUT2D eigenvalue weighted by atomic mass is 10.00. The van der Waals surface area contributed by atoms with E-state index >= 15 is 0 Å². The van der Waals surface area contributed by atoms with E-state index in [0.717, 1.165) is 37.4 Å². The Bertz CT molecular complexity index is 1180. The fourth-order valence-corrected chi connectivity index (χ4v) is 5.69. The van der Waals surface area contributed by atoms with Gasteiger partial charge in [0.05, 0.1) is 28.6 Å². The third-order valence-corrected chi connectivity index (χ3v) is 8.80. The van der Waals surface area contributed by atoms with Crippen LogP contribution in [0.15, 0.2) is 35.2 Å². The molecule has 184 valence electrons. The number of rotatable bonds is 6. The predicted octanol–water partition coefficient (Wildman–Crippen LogP) is 2.94. The Labute approximate surface area is 201 Å². The largest absolute Gasteiger partial charge is 0.495 e. The van der Waals surface area contributed by atoms with Crippen LogP contribution in [-0.4, -0.2) is 63.9 Å². The van der Waals surface area contributed by atoms with E-state index in [1.165, 1.54) is 0 Å². The summed E-state index contributed by atoms with van der Waals surface area (Å²) in [5, 5.41) is 6.08. The molecule has 10 heteroatoms. The third kappa shape index (κ3) is 4.32. The molecule has 2 aliphatic heterocycles. The molecule has 2 N–H and O–H groups in total. The summed E-state index contributed by atoms with van der Waals surface area (Å²) in [6.07, 6.45) is 1.87. The van der Waals surface area contributed by atoms with Crippen molar-refractivity contribution in [3.05, 3.63) is 30.3 Å². The van der Waals surface area contributed by atoms with Crippen LogP contribution in [-0.2, 0) is 14.6 Å². The minimum Gasteiger partial charge on any atom is -0.495 e. The fourth-order valence-electron chi connectivity index (χ4n) is 4.61. The summed E-state index contributed by atoms with van der Waals surface area (Å²) >= 11 is 0. The Morgan fingerprint density at radius 2 is 1.88 bits per heavy atom. The number of carbonyl (C=O) groups excluding carboxylic acids is 1. The monoisotopic (exact) mass is 487 g/mol. The van der Waals surface area contributed by atoms with Crippen molar-refractivity contribution in [2.75, 3.05) is 42.4 Å². The van der Waals surface area contributed by atoms with E-state index in [4.69, 9.17) is 9.72 Å². The van der Waals surface area contributed by atoms with Crippen LogP contribution in [0.5, 0.6) is 5.75 Å². The first-order valence-electron chi connectivity index (χ1n) is 11.6. The summed E-state index contributed by atoms with van der Waals surface area (Å²) in [5.74, 6) is 1.85. The maximum atomic E-state index is 12.9. The number of aromatic nitrogens is 1. The number of hydrogen-bond donors (Lipinski definition) is 2. The van der Waals surface area contributed by atoms with Crippen molar-refractivity contribution in [3.63, 3.8) is 0 Å². The summed E-state index contributed by atoms with van der Waals surface area (Å²) in [7, 11) is -0.136. The van der Waals surface area contributed by atoms with Crippen molar-refractivity contribution < 1.29 is 17.9 Å². The van der Waals surface area contributed by atoms with Crippen LogP contribution in [0.2, 0.25) is 0 Å². The maximum Gasteiger partial charge on any atom is 0.249 e. The van der Waals surface area contributed by atoms with E-state index in [1.807, 2.05) is 13.0 Å². The van der Waals surface area contributed by atoms with Crippen molar-refractivity contribution in [1.82, 2.24) is 10.3 Å². The molecule has 34 heavy (non-hydrogen) atoms. The van der Waals surface area contributed by atoms with Crippen molar-refractivity contribution in [3.8, 4) is 5.75 Å². The molecule has 1 aromatic heterocycles. The number of amides is 1. The highest BCUT2D eigenvalue weighted by Gasteiger charge is 2.39. The number of benzene rings is 1. The van der Waals surface area contributed by atoms with Gasteiger partial charge in [0.1, 0.15) is 17.6 Å². The molecule has 1 fully saturated rings. The Hall–Kier alpha value is -2.85. The standard InChI is InChI=1S/C24H33N5O4S/c1-15(2)34(31,32)18-6-8-21(33-5)19(14-18)26-22-9-7-20-23(27-22)29(16(3)24(30)28(20)4)17-10-12-25-13-11-17/h6-9,14-17,25H,10-13H2,1-5H3,(H,26,27)/t16-/m1/s1. The lowest BCUT2D eigenvalue weighted by Crippen LogP contribution is -2.56. The average molecular weight is 488 g/mol. The van der Waals surface area contributed by atoms with Crippen molar-refractivity contribution in [2.45, 2.75) is 55.8 Å². The number of piperidine rings is 1. The van der Waals surface area contributed by atoms with E-state index in [0.29, 0.717) is 17.3 Å². The minimum absolute atomic E-state index is 0.0433. The molecule has 1 amide bonds. The second-order valence-corrected chi connectivity index (χ2v) is 11.6. The number of nitrogens with one attached hydrogen (secondary N) is 2. The Balaban J connectivity index is 1.74. The van der Waals surface area contributed by atoms with Crippen LogP contribution in [0.1, 0.15) is 33.6 Å². The zero-order valence-corrected chi connectivity index (χ0v) is 21.1. The van der Waals surface area contributed by atoms with E-state index in [9.17, 15) is 13.2 Å². The van der Waals surface area contributed by atoms with Gasteiger partial charge in [0, 0.05) is 13.1 Å². The normalized spacial score (nSPS) is 19.4. The van der Waals surface area contributed by atoms with Gasteiger partial charge in [0.25, 0.3) is 0 Å². The molecule has 2 aliphatic rings. The summed E-state index contributed by atoms with van der Waals surface area (Å²) < 4.78 is 30.9. The molecule has 0 saturated carbocycles. The van der Waals surface area contributed by atoms with Gasteiger partial charge < -0.3 is 25.2 Å². The Morgan fingerprint density at radius 3 is 2.53 bits per heavy atom. The van der Waals surface area contributed by atoms with Gasteiger partial charge in [-0.3, -0.25) is 4.79 Å². The number of likely N-dealkylation sites (N-methyl/N-ethyl adjacent to an activating group) is 1. The van der Waals surface area contributed by atoms with Gasteiger partial charge in [-0.05, 0) is 77.0 Å². The Morgan fingerprint density at radius 1 is 1.18 bits per heavy atom. The van der Waals surface area contributed by atoms with Gasteiger partial charge in [-0.15, -0.1) is 0 Å². The number of methoxy groups -OCH3 is 1. The van der Waals surface area contributed by atoms with Gasteiger partial charge >= 0.3 is 0 Å². The molecule has 0 bridgehead atoms. The van der Waals surface area contributed by atoms with Crippen LogP contribution >= 0.6 is 0 Å². The topological polar surface area (TPSA) is 104 Å². The van der Waals surface area contributed by atoms with E-state index in [-0.39, 0.29) is 22.9 Å². The molecule has 1 atom stereocenters. The smallest absolute Gasteiger partial charge is 0.249 e. The third-order valence-electron chi connectivity index (χ3n) is 6.65. The second-order valence-electron chi connectivity index (χ2n) is 9.08. The first kappa shape index (κ1) is 24.3. The van der Waals surface area contributed by atoms with Crippen molar-refractivity contribution in [1.29, 1.82) is 0 Å². The number of hydrogen-bond acceptors (Lipinski definition) is 8. The molecular formula is C24H33N5O4S. The summed E-state index contributed by atoms with van der Waals surface area (Å²) in [4.78, 5) is 21.9. The fraction of sp³-hybridized carbons (Fsp3) is 0.500. The van der Waals surface area contributed by atoms with Gasteiger partial charge in [0.2, 0.25) is 5.91 Å². The van der Waals surface area contributed by atoms with Crippen molar-refractivity contribution >= 4 is 38.8 Å². The zero-order valence-electron chi connectivity index (χ0n) is 20.3. The lowest BCUT2D eigenvalue weighted by Gasteiger charge is -2.45. The highest BCUT2D eigenvalue weighted by molar-refractivity contribution is 7.92. The minimum atomic E-state index is -3.45. The quantitative estimate of drug-likeness (QED) is 0.641. The number of fused-ring (bicyclic) bond motifs is 1. The SMILES string of the molecule is COc1ccc(S(=O)(=O)C(C)C)cc1Nc1ccc2c(n1)N(C1CCNCC1)[C@H](C)C(=O)N2C. The van der Waals surface area contributed by atoms with Gasteiger partial charge in [-0.2, -0.15) is 0 Å². The Kier molecular flexibility index (Phi) is 6.73. The molecule has 0 unspecified atom stereocenters. The van der Waals surface area contributed by atoms with Crippen LogP contribution in [0.3, 0.4) is 0 Å². The molecule has 2 aromatic rings. The van der Waals surface area contributed by atoms with E-state index in [1.54, 1.807) is 57.2 Å². The van der Waals surface area contributed by atoms with E-state index < -0.39 is 15.1 Å². The van der Waals surface area contributed by atoms with Crippen LogP contribution in [0.25, 0.3) is 0 Å². The highest BCUT2D eigenvalue weighted by Crippen LogP contribution is 2.39. The van der Waals surface area contributed by atoms with Crippen molar-refractivity contribution in [2.24, 2.45) is 0 Å². The van der Waals surface area contributed by atoms with Gasteiger partial charge in [-0.25, -0.2) is 13.4 Å². The summed E-state index contributed by atoms with van der Waals surface area (Å²) in [5.41, 5.74) is 1.27. The number of sulfone groups is 1. The molecule has 1 aromatic carbocycles. The molecule has 1 saturated heterocycles. The molecule has 9 nitrogen and oxygen atoms in total. The summed E-state index contributed by atoms with van der Waals surface area (Å²) in [6, 6.07) is 8.35. The van der Waals surface area contributed by atoms with Crippen LogP contribution in [0, 0.1) is 0 Å². The summed E-state index contributed by atoms with van der Waals surface area (Å²) in [6.45, 7) is 7.05. The number of anilines is 4. The first-order valence-corrected chi connectivity index (χ1v) is 13.2. The number of ether oxygens (including phenoxy) is 1. The number of carbonyl (C=O) groups is 1. The zero-order chi connectivity index (χ0) is 24.6. The van der Waals surface area contributed by atoms with Crippen LogP contribution in [0.4, 0.5) is 23.0 Å². The number of nitrogens with zero attached hydrogens (tertiary/aromatic N) is 3. The molecule has 4 rings (SSSR count). The second kappa shape index (κ2) is 9.42. The number of pyridine rings is 1. The maximum absolute atomic E-state index is 12.9. The van der Waals surface area contributed by atoms with Gasteiger partial charge in [-0.1, -0.05) is 0 Å². The first-order chi connectivity index (χ1) is 16.1. The molecule has 3 heterocycles. The van der Waals surface area contributed by atoms with Crippen LogP contribution < -0.4 is 25.2 Å². The molecule has 0 aliphatic carbocycles. The molecule has 0 radical (unpaired) electrons. The molecular weight excluding hydrogens is 454 g/mol. The van der Waals surface area contributed by atoms with E-state index in [2.05, 4.69) is 15.5 Å². The average Bonchev–Trinajstić information content (AvgIpc) is 2.83.